The van der Waals surface area contributed by atoms with Crippen molar-refractivity contribution in [2.45, 2.75) is 112 Å². The highest BCUT2D eigenvalue weighted by Crippen LogP contribution is 2.18. The Kier molecular flexibility index (Phi) is 18.1. The monoisotopic (exact) mass is 660 g/mol. The number of rotatable bonds is 20. The molecule has 0 spiro atoms. The Labute approximate surface area is 279 Å². The standard InChI is InChI=1S/C34H56N6O7/c1-22(2)20-28(42)36-18-10-8-9-13-27(41)40-29(23(3)4)31(44)39-26(12-11-19-37-33(35)46)30(43)38-25-16-14-24(15-17-25)21-47-32(45)34(5,6)7/h14-17,22-23,26,29H,8-13,18-21H2,1-7H3,(H,36,42)(H,38,43)(H,39,44)(H,40,41)(H3,35,37,46)/t26-,29-/m0/s1. The minimum atomic E-state index is -0.964. The van der Waals surface area contributed by atoms with E-state index in [1.54, 1.807) is 58.9 Å². The van der Waals surface area contributed by atoms with Crippen LogP contribution in [0.25, 0.3) is 0 Å². The third-order valence-corrected chi connectivity index (χ3v) is 7.07. The first-order valence-corrected chi connectivity index (χ1v) is 16.5. The molecule has 0 aliphatic rings. The van der Waals surface area contributed by atoms with Crippen molar-refractivity contribution < 1.29 is 33.5 Å². The van der Waals surface area contributed by atoms with Gasteiger partial charge in [0.2, 0.25) is 23.6 Å². The first-order chi connectivity index (χ1) is 22.0. The lowest BCUT2D eigenvalue weighted by molar-refractivity contribution is -0.154. The fourth-order valence-electron chi connectivity index (χ4n) is 4.37. The summed E-state index contributed by atoms with van der Waals surface area (Å²) >= 11 is 0. The molecule has 1 rings (SSSR count). The molecule has 1 aromatic rings. The highest BCUT2D eigenvalue weighted by Gasteiger charge is 2.29. The van der Waals surface area contributed by atoms with Crippen LogP contribution in [-0.2, 0) is 35.3 Å². The molecule has 0 fully saturated rings. The number of hydrogen-bond acceptors (Lipinski definition) is 7. The van der Waals surface area contributed by atoms with Crippen LogP contribution in [0.5, 0.6) is 0 Å². The average molecular weight is 661 g/mol. The maximum Gasteiger partial charge on any atom is 0.312 e. The summed E-state index contributed by atoms with van der Waals surface area (Å²) < 4.78 is 5.34. The summed E-state index contributed by atoms with van der Waals surface area (Å²) in [5, 5.41) is 13.7. The third-order valence-electron chi connectivity index (χ3n) is 7.07. The summed E-state index contributed by atoms with van der Waals surface area (Å²) in [6, 6.07) is 4.26. The molecule has 0 heterocycles. The minimum absolute atomic E-state index is 0.0217. The molecule has 0 unspecified atom stereocenters. The number of nitrogens with two attached hydrogens (primary N) is 1. The molecule has 2 atom stereocenters. The molecule has 264 valence electrons. The topological polar surface area (TPSA) is 198 Å². The van der Waals surface area contributed by atoms with Gasteiger partial charge in [0.15, 0.2) is 0 Å². The van der Waals surface area contributed by atoms with Crippen molar-refractivity contribution in [3.05, 3.63) is 29.8 Å². The molecular weight excluding hydrogens is 604 g/mol. The minimum Gasteiger partial charge on any atom is -0.460 e. The lowest BCUT2D eigenvalue weighted by Gasteiger charge is -2.25. The quantitative estimate of drug-likeness (QED) is 0.0908. The third kappa shape index (κ3) is 17.9. The number of hydrogen-bond donors (Lipinski definition) is 6. The SMILES string of the molecule is CC(C)CC(=O)NCCCCCC(=O)N[C@H](C(=O)N[C@@H](CCCNC(N)=O)C(=O)Nc1ccc(COC(=O)C(C)(C)C)cc1)C(C)C. The second-order valence-electron chi connectivity index (χ2n) is 13.6. The maximum atomic E-state index is 13.3. The Balaban J connectivity index is 2.77. The van der Waals surface area contributed by atoms with Crippen LogP contribution in [-0.4, -0.2) is 60.8 Å². The van der Waals surface area contributed by atoms with E-state index in [1.807, 2.05) is 13.8 Å². The Morgan fingerprint density at radius 3 is 2.00 bits per heavy atom. The zero-order valence-corrected chi connectivity index (χ0v) is 29.1. The molecule has 0 aliphatic carbocycles. The lowest BCUT2D eigenvalue weighted by Crippen LogP contribution is -2.54. The zero-order chi connectivity index (χ0) is 35.6. The van der Waals surface area contributed by atoms with Crippen LogP contribution in [0.1, 0.15) is 99.0 Å². The van der Waals surface area contributed by atoms with E-state index in [-0.39, 0.29) is 49.7 Å². The zero-order valence-electron chi connectivity index (χ0n) is 29.1. The van der Waals surface area contributed by atoms with Gasteiger partial charge < -0.3 is 37.1 Å². The van der Waals surface area contributed by atoms with Crippen LogP contribution in [0.15, 0.2) is 24.3 Å². The highest BCUT2D eigenvalue weighted by molar-refractivity contribution is 5.98. The Bertz CT molecular complexity index is 1180. The van der Waals surface area contributed by atoms with E-state index in [4.69, 9.17) is 10.5 Å². The van der Waals surface area contributed by atoms with Crippen molar-refractivity contribution in [2.75, 3.05) is 18.4 Å². The van der Waals surface area contributed by atoms with Crippen LogP contribution >= 0.6 is 0 Å². The number of primary amides is 1. The Morgan fingerprint density at radius 2 is 1.43 bits per heavy atom. The molecular formula is C34H56N6O7. The molecule has 7 N–H and O–H groups in total. The molecule has 13 nitrogen and oxygen atoms in total. The summed E-state index contributed by atoms with van der Waals surface area (Å²) in [6.07, 6.45) is 3.37. The van der Waals surface area contributed by atoms with Crippen molar-refractivity contribution in [1.29, 1.82) is 0 Å². The smallest absolute Gasteiger partial charge is 0.312 e. The molecule has 13 heteroatoms. The molecule has 47 heavy (non-hydrogen) atoms. The number of anilines is 1. The van der Waals surface area contributed by atoms with E-state index in [0.717, 1.165) is 18.4 Å². The van der Waals surface area contributed by atoms with Crippen LogP contribution < -0.4 is 32.3 Å². The largest absolute Gasteiger partial charge is 0.460 e. The van der Waals surface area contributed by atoms with Gasteiger partial charge in [-0.1, -0.05) is 46.2 Å². The number of esters is 1. The fourth-order valence-corrected chi connectivity index (χ4v) is 4.37. The molecule has 0 aliphatic heterocycles. The second kappa shape index (κ2) is 20.9. The van der Waals surface area contributed by atoms with E-state index < -0.39 is 35.3 Å². The number of ether oxygens (including phenoxy) is 1. The van der Waals surface area contributed by atoms with Gasteiger partial charge in [-0.3, -0.25) is 24.0 Å². The number of benzene rings is 1. The predicted molar refractivity (Wildman–Crippen MR) is 181 cm³/mol. The van der Waals surface area contributed by atoms with Gasteiger partial charge in [-0.05, 0) is 76.0 Å². The van der Waals surface area contributed by atoms with E-state index in [1.165, 1.54) is 0 Å². The average Bonchev–Trinajstić information content (AvgIpc) is 2.97. The van der Waals surface area contributed by atoms with Gasteiger partial charge in [-0.25, -0.2) is 4.79 Å². The van der Waals surface area contributed by atoms with Gasteiger partial charge in [0.1, 0.15) is 18.7 Å². The normalized spacial score (nSPS) is 12.5. The number of carbonyl (C=O) groups is 6. The number of urea groups is 1. The van der Waals surface area contributed by atoms with Crippen LogP contribution in [0, 0.1) is 17.3 Å². The summed E-state index contributed by atoms with van der Waals surface area (Å²) in [4.78, 5) is 74.3. The van der Waals surface area contributed by atoms with Gasteiger partial charge in [-0.15, -0.1) is 0 Å². The maximum absolute atomic E-state index is 13.3. The fraction of sp³-hybridized carbons (Fsp3) is 0.647. The van der Waals surface area contributed by atoms with Crippen molar-refractivity contribution in [3.63, 3.8) is 0 Å². The number of unbranched alkanes of at least 4 members (excludes halogenated alkanes) is 2. The van der Waals surface area contributed by atoms with Crippen molar-refractivity contribution in [3.8, 4) is 0 Å². The molecule has 0 saturated carbocycles. The van der Waals surface area contributed by atoms with E-state index >= 15 is 0 Å². The number of nitrogens with one attached hydrogen (secondary N) is 5. The summed E-state index contributed by atoms with van der Waals surface area (Å²) in [5.41, 5.74) is 5.74. The van der Waals surface area contributed by atoms with Gasteiger partial charge in [0.05, 0.1) is 5.41 Å². The van der Waals surface area contributed by atoms with Crippen LogP contribution in [0.2, 0.25) is 0 Å². The van der Waals surface area contributed by atoms with Gasteiger partial charge in [0.25, 0.3) is 0 Å². The van der Waals surface area contributed by atoms with Gasteiger partial charge in [0, 0.05) is 31.6 Å². The Morgan fingerprint density at radius 1 is 0.787 bits per heavy atom. The van der Waals surface area contributed by atoms with Gasteiger partial charge >= 0.3 is 12.0 Å². The lowest BCUT2D eigenvalue weighted by atomic mass is 9.97. The molecule has 0 saturated heterocycles. The molecule has 0 radical (unpaired) electrons. The second-order valence-corrected chi connectivity index (χ2v) is 13.6. The summed E-state index contributed by atoms with van der Waals surface area (Å²) in [7, 11) is 0. The van der Waals surface area contributed by atoms with Crippen molar-refractivity contribution >= 4 is 41.3 Å². The van der Waals surface area contributed by atoms with Crippen LogP contribution in [0.3, 0.4) is 0 Å². The number of amides is 6. The van der Waals surface area contributed by atoms with Crippen molar-refractivity contribution in [2.24, 2.45) is 23.0 Å². The summed E-state index contributed by atoms with van der Waals surface area (Å²) in [6.45, 7) is 13.7. The first kappa shape index (κ1) is 40.9. The number of carbonyl (C=O) groups excluding carboxylic acids is 6. The summed E-state index contributed by atoms with van der Waals surface area (Å²) in [5.74, 6) is -1.51. The van der Waals surface area contributed by atoms with E-state index in [2.05, 4.69) is 26.6 Å². The van der Waals surface area contributed by atoms with E-state index in [0.29, 0.717) is 37.4 Å². The Hall–Kier alpha value is -4.16. The highest BCUT2D eigenvalue weighted by atomic mass is 16.5. The molecule has 0 bridgehead atoms. The van der Waals surface area contributed by atoms with Gasteiger partial charge in [-0.2, -0.15) is 0 Å². The van der Waals surface area contributed by atoms with E-state index in [9.17, 15) is 28.8 Å². The molecule has 6 amide bonds. The molecule has 1 aromatic carbocycles. The predicted octanol–water partition coefficient (Wildman–Crippen LogP) is 3.51. The first-order valence-electron chi connectivity index (χ1n) is 16.5. The molecule has 0 aromatic heterocycles. The van der Waals surface area contributed by atoms with Crippen LogP contribution in [0.4, 0.5) is 10.5 Å². The van der Waals surface area contributed by atoms with Crippen molar-refractivity contribution in [1.82, 2.24) is 21.3 Å².